The zero-order chi connectivity index (χ0) is 19.1. The number of methoxy groups -OCH3 is 1. The molecule has 0 heterocycles. The number of carbonyl (C=O) groups excluding carboxylic acids is 1. The van der Waals surface area contributed by atoms with Crippen molar-refractivity contribution in [1.82, 2.24) is 15.1 Å². The van der Waals surface area contributed by atoms with E-state index in [2.05, 4.69) is 10.2 Å². The first-order chi connectivity index (χ1) is 12.4. The SMILES string of the molecule is COc1ccccc1C(CNC(=O)N(C)Cc1ccccc1Cl)N(C)C. The van der Waals surface area contributed by atoms with Crippen molar-refractivity contribution in [2.75, 3.05) is 34.8 Å². The predicted molar refractivity (Wildman–Crippen MR) is 106 cm³/mol. The number of nitrogens with one attached hydrogen (secondary N) is 1. The lowest BCUT2D eigenvalue weighted by molar-refractivity contribution is 0.200. The molecule has 0 aliphatic heterocycles. The molecule has 140 valence electrons. The van der Waals surface area contributed by atoms with Crippen LogP contribution in [0.1, 0.15) is 17.2 Å². The molecule has 0 fully saturated rings. The third-order valence-corrected chi connectivity index (χ3v) is 4.65. The second-order valence-corrected chi connectivity index (χ2v) is 6.76. The van der Waals surface area contributed by atoms with Crippen LogP contribution in [0, 0.1) is 0 Å². The number of likely N-dealkylation sites (N-methyl/N-ethyl adjacent to an activating group) is 1. The van der Waals surface area contributed by atoms with Crippen LogP contribution >= 0.6 is 11.6 Å². The smallest absolute Gasteiger partial charge is 0.317 e. The van der Waals surface area contributed by atoms with Crippen molar-refractivity contribution in [3.05, 3.63) is 64.7 Å². The first-order valence-electron chi connectivity index (χ1n) is 8.45. The van der Waals surface area contributed by atoms with Crippen molar-refractivity contribution in [2.45, 2.75) is 12.6 Å². The maximum absolute atomic E-state index is 12.5. The minimum atomic E-state index is -0.147. The molecule has 0 spiro atoms. The summed E-state index contributed by atoms with van der Waals surface area (Å²) in [4.78, 5) is 16.2. The maximum Gasteiger partial charge on any atom is 0.317 e. The Morgan fingerprint density at radius 2 is 1.77 bits per heavy atom. The van der Waals surface area contributed by atoms with Crippen molar-refractivity contribution < 1.29 is 9.53 Å². The van der Waals surface area contributed by atoms with E-state index in [0.29, 0.717) is 18.1 Å². The Kier molecular flexibility index (Phi) is 7.30. The summed E-state index contributed by atoms with van der Waals surface area (Å²) in [5.74, 6) is 0.810. The second-order valence-electron chi connectivity index (χ2n) is 6.35. The Morgan fingerprint density at radius 3 is 2.42 bits per heavy atom. The molecular weight excluding hydrogens is 350 g/mol. The summed E-state index contributed by atoms with van der Waals surface area (Å²) in [5.41, 5.74) is 1.95. The van der Waals surface area contributed by atoms with Gasteiger partial charge in [-0.05, 0) is 31.8 Å². The summed E-state index contributed by atoms with van der Waals surface area (Å²) in [6.45, 7) is 0.922. The van der Waals surface area contributed by atoms with Gasteiger partial charge in [-0.25, -0.2) is 4.79 Å². The van der Waals surface area contributed by atoms with Gasteiger partial charge in [0.2, 0.25) is 0 Å². The van der Waals surface area contributed by atoms with Crippen LogP contribution in [-0.4, -0.2) is 50.6 Å². The number of rotatable bonds is 7. The lowest BCUT2D eigenvalue weighted by Crippen LogP contribution is -2.41. The van der Waals surface area contributed by atoms with Gasteiger partial charge in [0, 0.05) is 30.7 Å². The van der Waals surface area contributed by atoms with Gasteiger partial charge in [0.05, 0.1) is 13.2 Å². The molecule has 2 amide bonds. The van der Waals surface area contributed by atoms with E-state index in [1.165, 1.54) is 0 Å². The van der Waals surface area contributed by atoms with Gasteiger partial charge in [-0.1, -0.05) is 48.0 Å². The van der Waals surface area contributed by atoms with Crippen LogP contribution in [0.3, 0.4) is 0 Å². The molecule has 0 saturated carbocycles. The van der Waals surface area contributed by atoms with Crippen LogP contribution in [0.4, 0.5) is 4.79 Å². The van der Waals surface area contributed by atoms with E-state index in [1.807, 2.05) is 62.6 Å². The molecule has 1 atom stereocenters. The molecule has 6 heteroatoms. The number of carbonyl (C=O) groups is 1. The first-order valence-corrected chi connectivity index (χ1v) is 8.83. The quantitative estimate of drug-likeness (QED) is 0.800. The van der Waals surface area contributed by atoms with Crippen LogP contribution in [0.15, 0.2) is 48.5 Å². The number of urea groups is 1. The molecule has 26 heavy (non-hydrogen) atoms. The molecule has 0 radical (unpaired) electrons. The second kappa shape index (κ2) is 9.46. The number of hydrogen-bond donors (Lipinski definition) is 1. The van der Waals surface area contributed by atoms with E-state index in [4.69, 9.17) is 16.3 Å². The van der Waals surface area contributed by atoms with E-state index in [9.17, 15) is 4.79 Å². The number of ether oxygens (including phenoxy) is 1. The normalized spacial score (nSPS) is 11.9. The van der Waals surface area contributed by atoms with Crippen LogP contribution in [-0.2, 0) is 6.54 Å². The van der Waals surface area contributed by atoms with Gasteiger partial charge in [-0.2, -0.15) is 0 Å². The average molecular weight is 376 g/mol. The summed E-state index contributed by atoms with van der Waals surface area (Å²) in [6.07, 6.45) is 0. The zero-order valence-electron chi connectivity index (χ0n) is 15.7. The highest BCUT2D eigenvalue weighted by molar-refractivity contribution is 6.31. The van der Waals surface area contributed by atoms with E-state index in [-0.39, 0.29) is 12.1 Å². The van der Waals surface area contributed by atoms with Crippen LogP contribution < -0.4 is 10.1 Å². The summed E-state index contributed by atoms with van der Waals surface area (Å²) >= 11 is 6.18. The van der Waals surface area contributed by atoms with E-state index in [0.717, 1.165) is 16.9 Å². The largest absolute Gasteiger partial charge is 0.496 e. The highest BCUT2D eigenvalue weighted by Gasteiger charge is 2.20. The number of amides is 2. The van der Waals surface area contributed by atoms with E-state index < -0.39 is 0 Å². The monoisotopic (exact) mass is 375 g/mol. The summed E-state index contributed by atoms with van der Waals surface area (Å²) in [5, 5.41) is 3.66. The third-order valence-electron chi connectivity index (χ3n) is 4.28. The lowest BCUT2D eigenvalue weighted by Gasteiger charge is -2.28. The minimum absolute atomic E-state index is 0.00353. The fourth-order valence-corrected chi connectivity index (χ4v) is 2.98. The van der Waals surface area contributed by atoms with Crippen LogP contribution in [0.25, 0.3) is 0 Å². The number of para-hydroxylation sites is 1. The van der Waals surface area contributed by atoms with Crippen molar-refractivity contribution in [3.8, 4) is 5.75 Å². The topological polar surface area (TPSA) is 44.8 Å². The highest BCUT2D eigenvalue weighted by atomic mass is 35.5. The van der Waals surface area contributed by atoms with E-state index in [1.54, 1.807) is 19.1 Å². The molecule has 1 N–H and O–H groups in total. The van der Waals surface area contributed by atoms with Gasteiger partial charge in [0.25, 0.3) is 0 Å². The number of nitrogens with zero attached hydrogens (tertiary/aromatic N) is 2. The molecule has 0 aliphatic carbocycles. The maximum atomic E-state index is 12.5. The minimum Gasteiger partial charge on any atom is -0.496 e. The molecule has 0 aromatic heterocycles. The summed E-state index contributed by atoms with van der Waals surface area (Å²) in [7, 11) is 7.38. The standard InChI is InChI=1S/C20H26ClN3O2/c1-23(2)18(16-10-6-8-12-19(16)26-4)13-22-20(25)24(3)14-15-9-5-7-11-17(15)21/h5-12,18H,13-14H2,1-4H3,(H,22,25). The highest BCUT2D eigenvalue weighted by Crippen LogP contribution is 2.27. The van der Waals surface area contributed by atoms with Crippen LogP contribution in [0.5, 0.6) is 5.75 Å². The van der Waals surface area contributed by atoms with Gasteiger partial charge >= 0.3 is 6.03 Å². The molecule has 5 nitrogen and oxygen atoms in total. The van der Waals surface area contributed by atoms with Crippen molar-refractivity contribution in [2.24, 2.45) is 0 Å². The van der Waals surface area contributed by atoms with Crippen LogP contribution in [0.2, 0.25) is 5.02 Å². The average Bonchev–Trinajstić information content (AvgIpc) is 2.63. The fraction of sp³-hybridized carbons (Fsp3) is 0.350. The molecule has 0 bridgehead atoms. The predicted octanol–water partition coefficient (Wildman–Crippen LogP) is 3.79. The number of benzene rings is 2. The third kappa shape index (κ3) is 5.13. The van der Waals surface area contributed by atoms with Crippen molar-refractivity contribution in [1.29, 1.82) is 0 Å². The Labute approximate surface area is 160 Å². The Balaban J connectivity index is 2.02. The first kappa shape index (κ1) is 20.1. The Bertz CT molecular complexity index is 737. The molecule has 2 aromatic carbocycles. The molecule has 2 aromatic rings. The van der Waals surface area contributed by atoms with Gasteiger partial charge in [0.1, 0.15) is 5.75 Å². The van der Waals surface area contributed by atoms with Gasteiger partial charge in [-0.3, -0.25) is 0 Å². The zero-order valence-corrected chi connectivity index (χ0v) is 16.5. The summed E-state index contributed by atoms with van der Waals surface area (Å²) in [6, 6.07) is 15.2. The van der Waals surface area contributed by atoms with Gasteiger partial charge in [-0.15, -0.1) is 0 Å². The Hall–Kier alpha value is -2.24. The van der Waals surface area contributed by atoms with Crippen molar-refractivity contribution >= 4 is 17.6 Å². The molecule has 2 rings (SSSR count). The number of halogens is 1. The number of hydrogen-bond acceptors (Lipinski definition) is 3. The summed E-state index contributed by atoms with van der Waals surface area (Å²) < 4.78 is 5.46. The molecule has 1 unspecified atom stereocenters. The van der Waals surface area contributed by atoms with Gasteiger partial charge in [0.15, 0.2) is 0 Å². The molecular formula is C20H26ClN3O2. The fourth-order valence-electron chi connectivity index (χ4n) is 2.79. The Morgan fingerprint density at radius 1 is 1.12 bits per heavy atom. The molecule has 0 aliphatic rings. The van der Waals surface area contributed by atoms with Gasteiger partial charge < -0.3 is 19.9 Å². The van der Waals surface area contributed by atoms with Crippen molar-refractivity contribution in [3.63, 3.8) is 0 Å². The van der Waals surface area contributed by atoms with E-state index >= 15 is 0 Å². The lowest BCUT2D eigenvalue weighted by atomic mass is 10.0. The molecule has 0 saturated heterocycles.